The molecule has 3 nitrogen and oxygen atoms in total. The van der Waals surface area contributed by atoms with Gasteiger partial charge in [0.15, 0.2) is 11.6 Å². The van der Waals surface area contributed by atoms with Crippen LogP contribution in [0.15, 0.2) is 18.2 Å². The van der Waals surface area contributed by atoms with E-state index in [1.54, 1.807) is 0 Å². The molecule has 1 aliphatic carbocycles. The maximum absolute atomic E-state index is 13.2. The molecule has 3 rings (SSSR count). The Morgan fingerprint density at radius 3 is 2.71 bits per heavy atom. The van der Waals surface area contributed by atoms with Gasteiger partial charge in [0, 0.05) is 19.6 Å². The summed E-state index contributed by atoms with van der Waals surface area (Å²) in [5.74, 6) is -1.80. The van der Waals surface area contributed by atoms with Crippen LogP contribution in [0.3, 0.4) is 0 Å². The molecule has 1 atom stereocenters. The topological polar surface area (TPSA) is 32.7 Å². The van der Waals surface area contributed by atoms with Crippen LogP contribution in [0.2, 0.25) is 0 Å². The highest BCUT2D eigenvalue weighted by Crippen LogP contribution is 2.36. The first kappa shape index (κ1) is 14.9. The van der Waals surface area contributed by atoms with Gasteiger partial charge in [-0.05, 0) is 30.5 Å². The number of halogens is 2. The van der Waals surface area contributed by atoms with E-state index >= 15 is 0 Å². The van der Waals surface area contributed by atoms with Gasteiger partial charge >= 0.3 is 0 Å². The van der Waals surface area contributed by atoms with Gasteiger partial charge < -0.3 is 9.84 Å². The van der Waals surface area contributed by atoms with Crippen LogP contribution < -0.4 is 0 Å². The molecule has 1 unspecified atom stereocenters. The molecule has 21 heavy (non-hydrogen) atoms. The lowest BCUT2D eigenvalue weighted by Crippen LogP contribution is -2.51. The number of β-amino-alcohol motifs (C(OH)–C–C–N with tert-alkyl or cyclic N) is 1. The quantitative estimate of drug-likeness (QED) is 0.931. The second-order valence-corrected chi connectivity index (χ2v) is 6.16. The highest BCUT2D eigenvalue weighted by molar-refractivity contribution is 5.20. The molecular formula is C16H21F2NO2. The predicted octanol–water partition coefficient (Wildman–Crippen LogP) is 2.64. The summed E-state index contributed by atoms with van der Waals surface area (Å²) in [5.41, 5.74) is 0.368. The Kier molecular flexibility index (Phi) is 4.24. The standard InChI is InChI=1S/C16H21F2NO2/c17-13-4-3-12(9-14(13)18)15(20)10-19-7-8-21-16(11-19)5-1-2-6-16/h3-4,9,15,20H,1-2,5-8,10-11H2. The molecule has 1 aliphatic heterocycles. The van der Waals surface area contributed by atoms with Crippen molar-refractivity contribution in [3.8, 4) is 0 Å². The van der Waals surface area contributed by atoms with Crippen LogP contribution in [0.4, 0.5) is 8.78 Å². The van der Waals surface area contributed by atoms with Gasteiger partial charge in [-0.3, -0.25) is 4.90 Å². The second-order valence-electron chi connectivity index (χ2n) is 6.16. The molecule has 1 aromatic carbocycles. The van der Waals surface area contributed by atoms with Crippen molar-refractivity contribution in [2.45, 2.75) is 37.4 Å². The zero-order valence-electron chi connectivity index (χ0n) is 12.0. The van der Waals surface area contributed by atoms with E-state index in [1.165, 1.54) is 18.9 Å². The predicted molar refractivity (Wildman–Crippen MR) is 74.9 cm³/mol. The fraction of sp³-hybridized carbons (Fsp3) is 0.625. The van der Waals surface area contributed by atoms with Crippen LogP contribution in [0.25, 0.3) is 0 Å². The lowest BCUT2D eigenvalue weighted by molar-refractivity contribution is -0.111. The largest absolute Gasteiger partial charge is 0.387 e. The molecule has 0 amide bonds. The SMILES string of the molecule is OC(CN1CCOC2(CCCC2)C1)c1ccc(F)c(F)c1. The van der Waals surface area contributed by atoms with Gasteiger partial charge in [-0.15, -0.1) is 0 Å². The van der Waals surface area contributed by atoms with Gasteiger partial charge in [-0.1, -0.05) is 18.9 Å². The van der Waals surface area contributed by atoms with E-state index in [-0.39, 0.29) is 5.60 Å². The summed E-state index contributed by atoms with van der Waals surface area (Å²) in [6, 6.07) is 3.58. The number of morpholine rings is 1. The second kappa shape index (κ2) is 5.99. The number of hydrogen-bond donors (Lipinski definition) is 1. The summed E-state index contributed by atoms with van der Waals surface area (Å²) in [6.07, 6.45) is 3.73. The van der Waals surface area contributed by atoms with Gasteiger partial charge in [-0.25, -0.2) is 8.78 Å². The first-order chi connectivity index (χ1) is 10.1. The van der Waals surface area contributed by atoms with E-state index in [2.05, 4.69) is 4.90 Å². The molecule has 1 saturated carbocycles. The lowest BCUT2D eigenvalue weighted by atomic mass is 9.99. The van der Waals surface area contributed by atoms with Crippen LogP contribution in [0.1, 0.15) is 37.4 Å². The van der Waals surface area contributed by atoms with Crippen LogP contribution in [0.5, 0.6) is 0 Å². The summed E-state index contributed by atoms with van der Waals surface area (Å²) in [5, 5.41) is 10.2. The van der Waals surface area contributed by atoms with Crippen LogP contribution in [-0.4, -0.2) is 41.8 Å². The lowest BCUT2D eigenvalue weighted by Gasteiger charge is -2.41. The van der Waals surface area contributed by atoms with Crippen LogP contribution in [0, 0.1) is 11.6 Å². The molecule has 1 N–H and O–H groups in total. The first-order valence-electron chi connectivity index (χ1n) is 7.57. The summed E-state index contributed by atoms with van der Waals surface area (Å²) < 4.78 is 32.1. The fourth-order valence-electron chi connectivity index (χ4n) is 3.47. The van der Waals surface area contributed by atoms with Gasteiger partial charge in [0.05, 0.1) is 18.3 Å². The fourth-order valence-corrected chi connectivity index (χ4v) is 3.47. The van der Waals surface area contributed by atoms with Gasteiger partial charge in [0.25, 0.3) is 0 Å². The number of aliphatic hydroxyl groups excluding tert-OH is 1. The minimum absolute atomic E-state index is 0.0496. The maximum atomic E-state index is 13.2. The molecule has 1 spiro atoms. The van der Waals surface area contributed by atoms with Gasteiger partial charge in [0.1, 0.15) is 0 Å². The summed E-state index contributed by atoms with van der Waals surface area (Å²) in [4.78, 5) is 2.17. The maximum Gasteiger partial charge on any atom is 0.159 e. The Balaban J connectivity index is 1.63. The number of aliphatic hydroxyl groups is 1. The molecule has 116 valence electrons. The normalized spacial score (nSPS) is 23.6. The molecule has 1 heterocycles. The Morgan fingerprint density at radius 1 is 1.24 bits per heavy atom. The molecule has 1 aromatic rings. The highest BCUT2D eigenvalue weighted by atomic mass is 19.2. The monoisotopic (exact) mass is 297 g/mol. The molecule has 2 aliphatic rings. The number of ether oxygens (including phenoxy) is 1. The zero-order chi connectivity index (χ0) is 14.9. The third-order valence-electron chi connectivity index (χ3n) is 4.60. The zero-order valence-corrected chi connectivity index (χ0v) is 12.0. The first-order valence-corrected chi connectivity index (χ1v) is 7.57. The van der Waals surface area contributed by atoms with E-state index < -0.39 is 17.7 Å². The molecule has 2 fully saturated rings. The van der Waals surface area contributed by atoms with Crippen molar-refractivity contribution in [1.29, 1.82) is 0 Å². The Morgan fingerprint density at radius 2 is 2.00 bits per heavy atom. The van der Waals surface area contributed by atoms with E-state index in [0.717, 1.165) is 38.1 Å². The average Bonchev–Trinajstić information content (AvgIpc) is 2.89. The molecular weight excluding hydrogens is 276 g/mol. The Hall–Kier alpha value is -1.04. The third-order valence-corrected chi connectivity index (χ3v) is 4.60. The molecule has 0 radical (unpaired) electrons. The number of benzene rings is 1. The smallest absolute Gasteiger partial charge is 0.159 e. The van der Waals surface area contributed by atoms with Crippen molar-refractivity contribution >= 4 is 0 Å². The number of rotatable bonds is 3. The summed E-state index contributed by atoms with van der Waals surface area (Å²) >= 11 is 0. The minimum Gasteiger partial charge on any atom is -0.387 e. The highest BCUT2D eigenvalue weighted by Gasteiger charge is 2.39. The van der Waals surface area contributed by atoms with E-state index in [0.29, 0.717) is 18.7 Å². The Bertz CT molecular complexity index is 503. The number of nitrogens with zero attached hydrogens (tertiary/aromatic N) is 1. The Labute approximate surface area is 123 Å². The molecule has 0 bridgehead atoms. The molecule has 0 aromatic heterocycles. The minimum atomic E-state index is -0.916. The van der Waals surface area contributed by atoms with Crippen molar-refractivity contribution in [2.75, 3.05) is 26.2 Å². The molecule has 5 heteroatoms. The summed E-state index contributed by atoms with van der Waals surface area (Å²) in [7, 11) is 0. The van der Waals surface area contributed by atoms with E-state index in [4.69, 9.17) is 4.74 Å². The van der Waals surface area contributed by atoms with Crippen molar-refractivity contribution in [3.63, 3.8) is 0 Å². The van der Waals surface area contributed by atoms with Crippen molar-refractivity contribution in [1.82, 2.24) is 4.90 Å². The van der Waals surface area contributed by atoms with Crippen molar-refractivity contribution in [3.05, 3.63) is 35.4 Å². The van der Waals surface area contributed by atoms with Crippen LogP contribution >= 0.6 is 0 Å². The van der Waals surface area contributed by atoms with E-state index in [1.807, 2.05) is 0 Å². The van der Waals surface area contributed by atoms with Gasteiger partial charge in [-0.2, -0.15) is 0 Å². The van der Waals surface area contributed by atoms with Gasteiger partial charge in [0.2, 0.25) is 0 Å². The van der Waals surface area contributed by atoms with Crippen molar-refractivity contribution in [2.24, 2.45) is 0 Å². The molecule has 1 saturated heterocycles. The number of hydrogen-bond acceptors (Lipinski definition) is 3. The van der Waals surface area contributed by atoms with Crippen LogP contribution in [-0.2, 0) is 4.74 Å². The van der Waals surface area contributed by atoms with Crippen molar-refractivity contribution < 1.29 is 18.6 Å². The third kappa shape index (κ3) is 3.25. The van der Waals surface area contributed by atoms with E-state index in [9.17, 15) is 13.9 Å². The average molecular weight is 297 g/mol. The summed E-state index contributed by atoms with van der Waals surface area (Å²) in [6.45, 7) is 2.68.